The van der Waals surface area contributed by atoms with Crippen LogP contribution < -0.4 is 16.0 Å². The van der Waals surface area contributed by atoms with Crippen LogP contribution in [0.5, 0.6) is 0 Å². The first-order valence-corrected chi connectivity index (χ1v) is 11.9. The van der Waals surface area contributed by atoms with Crippen molar-refractivity contribution in [2.75, 3.05) is 16.0 Å². The number of carbonyl (C=O) groups excluding carboxylic acids is 2. The molecule has 5 aromatic rings. The molecule has 5 heteroatoms. The minimum absolute atomic E-state index is 0.308. The number of amides is 2. The lowest BCUT2D eigenvalue weighted by Gasteiger charge is -2.11. The molecule has 180 valence electrons. The predicted molar refractivity (Wildman–Crippen MR) is 152 cm³/mol. The largest absolute Gasteiger partial charge is 0.356 e. The van der Waals surface area contributed by atoms with Crippen LogP contribution in [0.25, 0.3) is 16.8 Å². The van der Waals surface area contributed by atoms with E-state index in [2.05, 4.69) is 16.0 Å². The quantitative estimate of drug-likeness (QED) is 0.210. The van der Waals surface area contributed by atoms with Gasteiger partial charge in [-0.2, -0.15) is 0 Å². The van der Waals surface area contributed by atoms with Gasteiger partial charge in [-0.15, -0.1) is 0 Å². The van der Waals surface area contributed by atoms with Crippen molar-refractivity contribution < 1.29 is 9.59 Å². The Morgan fingerprint density at radius 3 is 2.05 bits per heavy atom. The molecule has 0 saturated heterocycles. The molecule has 3 N–H and O–H groups in total. The average molecular weight is 484 g/mol. The zero-order valence-electron chi connectivity index (χ0n) is 20.0. The number of anilines is 4. The Bertz CT molecular complexity index is 1570. The standard InChI is InChI=1S/C32H25N3O2/c36-31(22-17-24-11-8-10-23-9-4-5-14-28(23)24)35-30-16-7-6-15-29(30)32(37)34-27-20-18-26(19-21-27)33-25-12-2-1-3-13-25/h1-22,33H,(H,34,37)(H,35,36). The van der Waals surface area contributed by atoms with E-state index in [1.165, 1.54) is 6.08 Å². The fraction of sp³-hybridized carbons (Fsp3) is 0. The van der Waals surface area contributed by atoms with Crippen molar-refractivity contribution >= 4 is 51.4 Å². The SMILES string of the molecule is O=C(C=Cc1cccc2ccccc12)Nc1ccccc1C(=O)Nc1ccc(Nc2ccccc2)cc1. The summed E-state index contributed by atoms with van der Waals surface area (Å²) in [6, 6.07) is 38.3. The van der Waals surface area contributed by atoms with Gasteiger partial charge in [-0.05, 0) is 70.9 Å². The molecule has 5 aromatic carbocycles. The van der Waals surface area contributed by atoms with Crippen LogP contribution in [0.3, 0.4) is 0 Å². The normalized spacial score (nSPS) is 10.8. The fourth-order valence-corrected chi connectivity index (χ4v) is 4.05. The Hall–Kier alpha value is -5.16. The molecule has 0 spiro atoms. The summed E-state index contributed by atoms with van der Waals surface area (Å²) in [7, 11) is 0. The minimum Gasteiger partial charge on any atom is -0.356 e. The summed E-state index contributed by atoms with van der Waals surface area (Å²) < 4.78 is 0. The monoisotopic (exact) mass is 483 g/mol. The van der Waals surface area contributed by atoms with Crippen LogP contribution in [0.2, 0.25) is 0 Å². The highest BCUT2D eigenvalue weighted by atomic mass is 16.2. The van der Waals surface area contributed by atoms with E-state index in [0.717, 1.165) is 27.7 Å². The lowest BCUT2D eigenvalue weighted by molar-refractivity contribution is -0.111. The summed E-state index contributed by atoms with van der Waals surface area (Å²) in [6.45, 7) is 0. The third-order valence-electron chi connectivity index (χ3n) is 5.87. The van der Waals surface area contributed by atoms with Crippen molar-refractivity contribution in [3.63, 3.8) is 0 Å². The van der Waals surface area contributed by atoms with E-state index in [1.807, 2.05) is 97.1 Å². The lowest BCUT2D eigenvalue weighted by atomic mass is 10.0. The van der Waals surface area contributed by atoms with Crippen molar-refractivity contribution in [2.24, 2.45) is 0 Å². The van der Waals surface area contributed by atoms with Gasteiger partial charge >= 0.3 is 0 Å². The summed E-state index contributed by atoms with van der Waals surface area (Å²) in [5, 5.41) is 11.2. The van der Waals surface area contributed by atoms with E-state index < -0.39 is 0 Å². The molecule has 0 bridgehead atoms. The van der Waals surface area contributed by atoms with Crippen molar-refractivity contribution in [3.05, 3.63) is 139 Å². The van der Waals surface area contributed by atoms with E-state index >= 15 is 0 Å². The van der Waals surface area contributed by atoms with Gasteiger partial charge in [0.2, 0.25) is 5.91 Å². The summed E-state index contributed by atoms with van der Waals surface area (Å²) in [5.41, 5.74) is 4.31. The third-order valence-corrected chi connectivity index (χ3v) is 5.87. The molecular formula is C32H25N3O2. The van der Waals surface area contributed by atoms with Gasteiger partial charge in [-0.25, -0.2) is 0 Å². The van der Waals surface area contributed by atoms with E-state index in [1.54, 1.807) is 30.3 Å². The number of rotatable bonds is 7. The number of nitrogens with one attached hydrogen (secondary N) is 3. The van der Waals surface area contributed by atoms with Gasteiger partial charge in [0.05, 0.1) is 11.3 Å². The highest BCUT2D eigenvalue weighted by molar-refractivity contribution is 6.12. The zero-order valence-corrected chi connectivity index (χ0v) is 20.0. The minimum atomic E-state index is -0.315. The Morgan fingerprint density at radius 2 is 1.22 bits per heavy atom. The molecule has 5 rings (SSSR count). The maximum Gasteiger partial charge on any atom is 0.257 e. The number of fused-ring (bicyclic) bond motifs is 1. The molecule has 0 aliphatic rings. The number of carbonyl (C=O) groups is 2. The molecule has 0 radical (unpaired) electrons. The summed E-state index contributed by atoms with van der Waals surface area (Å²) in [6.07, 6.45) is 3.26. The van der Waals surface area contributed by atoms with E-state index in [9.17, 15) is 9.59 Å². The van der Waals surface area contributed by atoms with Crippen molar-refractivity contribution in [2.45, 2.75) is 0 Å². The lowest BCUT2D eigenvalue weighted by Crippen LogP contribution is -2.17. The van der Waals surface area contributed by atoms with Gasteiger partial charge in [0.25, 0.3) is 5.91 Å². The summed E-state index contributed by atoms with van der Waals surface area (Å²) in [4.78, 5) is 25.7. The highest BCUT2D eigenvalue weighted by Crippen LogP contribution is 2.22. The van der Waals surface area contributed by atoms with Crippen LogP contribution in [0.4, 0.5) is 22.7 Å². The Labute approximate surface area is 215 Å². The van der Waals surface area contributed by atoms with Gasteiger partial charge in [0, 0.05) is 23.1 Å². The molecule has 0 aliphatic carbocycles. The van der Waals surface area contributed by atoms with E-state index in [4.69, 9.17) is 0 Å². The molecule has 0 aromatic heterocycles. The summed E-state index contributed by atoms with van der Waals surface area (Å²) >= 11 is 0. The first-order chi connectivity index (χ1) is 18.2. The number of hydrogen-bond donors (Lipinski definition) is 3. The van der Waals surface area contributed by atoms with Gasteiger partial charge in [0.1, 0.15) is 0 Å². The Balaban J connectivity index is 1.25. The van der Waals surface area contributed by atoms with Crippen LogP contribution in [0.1, 0.15) is 15.9 Å². The molecule has 2 amide bonds. The van der Waals surface area contributed by atoms with Crippen LogP contribution in [0, 0.1) is 0 Å². The molecule has 0 atom stereocenters. The first-order valence-electron chi connectivity index (χ1n) is 11.9. The predicted octanol–water partition coefficient (Wildman–Crippen LogP) is 7.49. The number of hydrogen-bond acceptors (Lipinski definition) is 3. The molecular weight excluding hydrogens is 458 g/mol. The van der Waals surface area contributed by atoms with Crippen LogP contribution in [0.15, 0.2) is 127 Å². The highest BCUT2D eigenvalue weighted by Gasteiger charge is 2.13. The van der Waals surface area contributed by atoms with Crippen LogP contribution >= 0.6 is 0 Å². The van der Waals surface area contributed by atoms with E-state index in [0.29, 0.717) is 16.9 Å². The van der Waals surface area contributed by atoms with Crippen molar-refractivity contribution in [1.82, 2.24) is 0 Å². The Morgan fingerprint density at radius 1 is 0.568 bits per heavy atom. The van der Waals surface area contributed by atoms with E-state index in [-0.39, 0.29) is 11.8 Å². The van der Waals surface area contributed by atoms with Gasteiger partial charge in [-0.1, -0.05) is 72.8 Å². The second kappa shape index (κ2) is 11.1. The molecule has 5 nitrogen and oxygen atoms in total. The van der Waals surface area contributed by atoms with Gasteiger partial charge in [0.15, 0.2) is 0 Å². The second-order valence-corrected chi connectivity index (χ2v) is 8.46. The Kier molecular flexibility index (Phi) is 7.04. The zero-order chi connectivity index (χ0) is 25.5. The van der Waals surface area contributed by atoms with Crippen LogP contribution in [-0.2, 0) is 4.79 Å². The van der Waals surface area contributed by atoms with Gasteiger partial charge < -0.3 is 16.0 Å². The smallest absolute Gasteiger partial charge is 0.257 e. The molecule has 0 fully saturated rings. The molecule has 0 aliphatic heterocycles. The van der Waals surface area contributed by atoms with Crippen molar-refractivity contribution in [3.8, 4) is 0 Å². The maximum atomic E-state index is 13.0. The maximum absolute atomic E-state index is 13.0. The van der Waals surface area contributed by atoms with Crippen molar-refractivity contribution in [1.29, 1.82) is 0 Å². The third kappa shape index (κ3) is 5.92. The molecule has 0 unspecified atom stereocenters. The number of benzene rings is 5. The first kappa shape index (κ1) is 23.6. The molecule has 37 heavy (non-hydrogen) atoms. The second-order valence-electron chi connectivity index (χ2n) is 8.46. The van der Waals surface area contributed by atoms with Crippen LogP contribution in [-0.4, -0.2) is 11.8 Å². The van der Waals surface area contributed by atoms with Gasteiger partial charge in [-0.3, -0.25) is 9.59 Å². The molecule has 0 saturated carbocycles. The fourth-order valence-electron chi connectivity index (χ4n) is 4.05. The number of para-hydroxylation sites is 2. The summed E-state index contributed by atoms with van der Waals surface area (Å²) in [5.74, 6) is -0.623. The molecule has 0 heterocycles. The topological polar surface area (TPSA) is 70.2 Å². The average Bonchev–Trinajstić information content (AvgIpc) is 2.94.